The van der Waals surface area contributed by atoms with Crippen LogP contribution in [0.25, 0.3) is 10.9 Å². The molecule has 0 radical (unpaired) electrons. The number of nitrogens with two attached hydrogens (primary N) is 2. The first-order valence-electron chi connectivity index (χ1n) is 17.0. The number of rotatable bonds is 21. The van der Waals surface area contributed by atoms with Gasteiger partial charge in [-0.1, -0.05) is 39.8 Å². The molecule has 4 atom stereocenters. The number of fused-ring (bicyclic) bond motifs is 1. The molecule has 0 spiro atoms. The number of hydrogen-bond donors (Lipinski definition) is 9. The van der Waals surface area contributed by atoms with Crippen LogP contribution >= 0.6 is 21.6 Å². The van der Waals surface area contributed by atoms with Crippen molar-refractivity contribution in [2.24, 2.45) is 16.5 Å². The van der Waals surface area contributed by atoms with Crippen LogP contribution < -0.4 is 38.1 Å². The van der Waals surface area contributed by atoms with Crippen molar-refractivity contribution in [1.29, 1.82) is 0 Å². The van der Waals surface area contributed by atoms with E-state index in [1.807, 2.05) is 6.26 Å². The number of aliphatic imine (C=N–C) groups is 1. The lowest BCUT2D eigenvalue weighted by Gasteiger charge is -2.29. The molecule has 1 aromatic heterocycles. The number of likely N-dealkylation sites (tertiary alicyclic amines) is 1. The number of amides is 6. The quantitative estimate of drug-likeness (QED) is 0.0335. The fraction of sp³-hybridized carbons (Fsp3) is 0.515. The molecule has 18 nitrogen and oxygen atoms in total. The van der Waals surface area contributed by atoms with E-state index in [4.69, 9.17) is 11.5 Å². The molecular formula is C33H48N10O8S2. The summed E-state index contributed by atoms with van der Waals surface area (Å²) < 4.78 is 0. The van der Waals surface area contributed by atoms with Crippen LogP contribution in [0.4, 0.5) is 0 Å². The predicted molar refractivity (Wildman–Crippen MR) is 202 cm³/mol. The van der Waals surface area contributed by atoms with Crippen molar-refractivity contribution in [1.82, 2.24) is 36.5 Å². The smallest absolute Gasteiger partial charge is 0.305 e. The second-order valence-electron chi connectivity index (χ2n) is 12.1. The van der Waals surface area contributed by atoms with Gasteiger partial charge in [0.05, 0.1) is 13.0 Å². The van der Waals surface area contributed by atoms with Gasteiger partial charge in [0.2, 0.25) is 29.5 Å². The van der Waals surface area contributed by atoms with Crippen molar-refractivity contribution in [3.63, 3.8) is 0 Å². The molecule has 3 rings (SSSR count). The van der Waals surface area contributed by atoms with Crippen molar-refractivity contribution in [2.75, 3.05) is 38.7 Å². The zero-order chi connectivity index (χ0) is 38.9. The number of guanidine groups is 1. The summed E-state index contributed by atoms with van der Waals surface area (Å²) in [4.78, 5) is 99.3. The maximum absolute atomic E-state index is 14.1. The van der Waals surface area contributed by atoms with Crippen molar-refractivity contribution in [2.45, 2.75) is 69.1 Å². The van der Waals surface area contributed by atoms with Crippen LogP contribution in [0.1, 0.15) is 56.6 Å². The number of H-pyrrole nitrogens is 1. The molecule has 1 saturated heterocycles. The van der Waals surface area contributed by atoms with Gasteiger partial charge in [-0.2, -0.15) is 0 Å². The van der Waals surface area contributed by atoms with Gasteiger partial charge in [0, 0.05) is 55.0 Å². The van der Waals surface area contributed by atoms with Crippen LogP contribution in [-0.4, -0.2) is 119 Å². The van der Waals surface area contributed by atoms with E-state index in [2.05, 4.69) is 36.6 Å². The van der Waals surface area contributed by atoms with E-state index in [0.717, 1.165) is 0 Å². The van der Waals surface area contributed by atoms with Crippen molar-refractivity contribution < 1.29 is 38.7 Å². The van der Waals surface area contributed by atoms with E-state index in [0.29, 0.717) is 54.4 Å². The van der Waals surface area contributed by atoms with E-state index in [1.165, 1.54) is 33.5 Å². The number of nitrogens with zero attached hydrogens (tertiary/aromatic N) is 2. The first-order chi connectivity index (χ1) is 25.4. The molecule has 2 heterocycles. The highest BCUT2D eigenvalue weighted by Crippen LogP contribution is 2.29. The number of carboxylic acids is 1. The number of likely N-dealkylation sites (N-methyl/N-ethyl adjacent to an activating group) is 1. The fourth-order valence-corrected chi connectivity index (χ4v) is 7.01. The number of aliphatic carboxylic acids is 1. The average Bonchev–Trinajstić information content (AvgIpc) is 3.79. The highest BCUT2D eigenvalue weighted by atomic mass is 33.1. The van der Waals surface area contributed by atoms with Gasteiger partial charge in [-0.25, -0.2) is 0 Å². The maximum atomic E-state index is 14.1. The van der Waals surface area contributed by atoms with Gasteiger partial charge < -0.3 is 53.0 Å². The van der Waals surface area contributed by atoms with Gasteiger partial charge in [-0.15, -0.1) is 0 Å². The lowest BCUT2D eigenvalue weighted by Crippen LogP contribution is -2.55. The lowest BCUT2D eigenvalue weighted by atomic mass is 10.0. The topological polar surface area (TPSA) is 283 Å². The monoisotopic (exact) mass is 776 g/mol. The molecule has 1 aromatic carbocycles. The molecule has 1 fully saturated rings. The maximum Gasteiger partial charge on any atom is 0.305 e. The van der Waals surface area contributed by atoms with Gasteiger partial charge in [-0.3, -0.25) is 38.6 Å². The summed E-state index contributed by atoms with van der Waals surface area (Å²) in [7, 11) is 4.46. The van der Waals surface area contributed by atoms with Crippen LogP contribution in [0.15, 0.2) is 35.5 Å². The molecule has 53 heavy (non-hydrogen) atoms. The Kier molecular flexibility index (Phi) is 17.2. The Morgan fingerprint density at radius 3 is 2.45 bits per heavy atom. The Morgan fingerprint density at radius 2 is 1.75 bits per heavy atom. The van der Waals surface area contributed by atoms with Gasteiger partial charge in [-0.05, 0) is 44.4 Å². The standard InChI is InChI=1S/C33H48N10O8S2/c1-36-31(50)24-11-7-14-43(24)32(51)28(20-17-38-21-9-4-3-8-19(20)21)42-30(49)23(16-27(46)47)41-26(45)18-39-29(48)22(10-5-6-13-37-33(34)35)40-25(44)12-15-53-52-2/h3-4,8-9,17,22-24,28,38H,5-7,10-16,18H2,1-2H3,(H,36,50)(H,39,48)(H,40,44)(H,41,45)(H,42,49)(H,46,47)(H4,34,35,37)/t22-,23-,24-,28+/m0/s1. The van der Waals surface area contributed by atoms with Crippen LogP contribution in [0.2, 0.25) is 0 Å². The van der Waals surface area contributed by atoms with E-state index < -0.39 is 66.7 Å². The zero-order valence-corrected chi connectivity index (χ0v) is 31.3. The highest BCUT2D eigenvalue weighted by molar-refractivity contribution is 8.76. The summed E-state index contributed by atoms with van der Waals surface area (Å²) in [6, 6.07) is 2.32. The molecule has 0 saturated carbocycles. The van der Waals surface area contributed by atoms with Crippen molar-refractivity contribution >= 4 is 79.9 Å². The molecule has 6 amide bonds. The zero-order valence-electron chi connectivity index (χ0n) is 29.6. The Labute approximate surface area is 314 Å². The first kappa shape index (κ1) is 42.4. The number of aromatic amines is 1. The number of unbranched alkanes of at least 4 members (excludes halogenated alkanes) is 1. The van der Waals surface area contributed by atoms with Gasteiger partial charge >= 0.3 is 5.97 Å². The number of para-hydroxylation sites is 1. The Hall–Kier alpha value is -4.98. The van der Waals surface area contributed by atoms with E-state index in [1.54, 1.807) is 30.5 Å². The van der Waals surface area contributed by atoms with E-state index >= 15 is 0 Å². The molecule has 0 unspecified atom stereocenters. The number of aromatic nitrogens is 1. The van der Waals surface area contributed by atoms with Gasteiger partial charge in [0.15, 0.2) is 5.96 Å². The molecule has 20 heteroatoms. The third-order valence-electron chi connectivity index (χ3n) is 8.38. The minimum atomic E-state index is -1.65. The summed E-state index contributed by atoms with van der Waals surface area (Å²) in [6.07, 6.45) is 4.96. The molecular weight excluding hydrogens is 729 g/mol. The van der Waals surface area contributed by atoms with Crippen LogP contribution in [0, 0.1) is 0 Å². The first-order valence-corrected chi connectivity index (χ1v) is 19.8. The second-order valence-corrected chi connectivity index (χ2v) is 14.8. The third kappa shape index (κ3) is 13.2. The number of nitrogens with one attached hydrogen (secondary N) is 6. The molecule has 0 aliphatic carbocycles. The summed E-state index contributed by atoms with van der Waals surface area (Å²) in [5, 5.41) is 22.9. The number of carboxylic acid groups (broad SMARTS) is 1. The Balaban J connectivity index is 1.74. The van der Waals surface area contributed by atoms with Crippen LogP contribution in [-0.2, 0) is 33.6 Å². The molecule has 0 bridgehead atoms. The minimum Gasteiger partial charge on any atom is -0.481 e. The molecule has 2 aromatic rings. The summed E-state index contributed by atoms with van der Waals surface area (Å²) in [5.74, 6) is -4.76. The highest BCUT2D eigenvalue weighted by Gasteiger charge is 2.39. The van der Waals surface area contributed by atoms with Crippen LogP contribution in [0.5, 0.6) is 0 Å². The lowest BCUT2D eigenvalue weighted by molar-refractivity contribution is -0.143. The third-order valence-corrected chi connectivity index (χ3v) is 10.2. The predicted octanol–water partition coefficient (Wildman–Crippen LogP) is -0.532. The summed E-state index contributed by atoms with van der Waals surface area (Å²) >= 11 is 0. The average molecular weight is 777 g/mol. The van der Waals surface area contributed by atoms with E-state index in [9.17, 15) is 38.7 Å². The SMILES string of the molecule is CNC(=O)[C@@H]1CCCN1C(=O)[C@H](NC(=O)[C@H](CC(=O)O)NC(=O)CNC(=O)[C@H](CCCCN=C(N)N)NC(=O)CCSSC)c1c[nH]c2ccccc12. The Morgan fingerprint density at radius 1 is 1.02 bits per heavy atom. The van der Waals surface area contributed by atoms with Gasteiger partial charge in [0.25, 0.3) is 5.91 Å². The molecule has 1 aliphatic rings. The minimum absolute atomic E-state index is 0.0684. The van der Waals surface area contributed by atoms with E-state index in [-0.39, 0.29) is 37.2 Å². The number of benzene rings is 1. The van der Waals surface area contributed by atoms with Gasteiger partial charge in [0.1, 0.15) is 24.2 Å². The van der Waals surface area contributed by atoms with Crippen LogP contribution in [0.3, 0.4) is 0 Å². The normalized spacial score (nSPS) is 15.4. The fourth-order valence-electron chi connectivity index (χ4n) is 5.82. The molecule has 1 aliphatic heterocycles. The number of carbonyl (C=O) groups is 7. The van der Waals surface area contributed by atoms with Crippen molar-refractivity contribution in [3.8, 4) is 0 Å². The summed E-state index contributed by atoms with van der Waals surface area (Å²) in [6.45, 7) is -0.0592. The molecule has 11 N–H and O–H groups in total. The second kappa shape index (κ2) is 21.5. The Bertz CT molecular complexity index is 1650. The number of carbonyl (C=O) groups excluding carboxylic acids is 6. The van der Waals surface area contributed by atoms with Crippen molar-refractivity contribution in [3.05, 3.63) is 36.0 Å². The largest absolute Gasteiger partial charge is 0.481 e. The number of hydrogen-bond acceptors (Lipinski definition) is 10. The summed E-state index contributed by atoms with van der Waals surface area (Å²) in [5.41, 5.74) is 11.8. The molecule has 290 valence electrons.